The van der Waals surface area contributed by atoms with Crippen molar-refractivity contribution in [2.75, 3.05) is 6.26 Å². The number of rotatable bonds is 3. The fourth-order valence-corrected chi connectivity index (χ4v) is 4.31. The highest BCUT2D eigenvalue weighted by Crippen LogP contribution is 2.40. The lowest BCUT2D eigenvalue weighted by atomic mass is 9.88. The van der Waals surface area contributed by atoms with Crippen molar-refractivity contribution in [1.82, 2.24) is 14.5 Å². The van der Waals surface area contributed by atoms with E-state index in [-0.39, 0.29) is 0 Å². The highest BCUT2D eigenvalue weighted by atomic mass is 32.2. The molecule has 1 aliphatic rings. The van der Waals surface area contributed by atoms with Crippen LogP contribution in [0.4, 0.5) is 0 Å². The molecule has 3 rings (SSSR count). The highest BCUT2D eigenvalue weighted by Gasteiger charge is 2.32. The van der Waals surface area contributed by atoms with Gasteiger partial charge in [-0.05, 0) is 37.4 Å². The maximum atomic E-state index is 5.49. The Kier molecular flexibility index (Phi) is 3.67. The van der Waals surface area contributed by atoms with E-state index in [4.69, 9.17) is 12.2 Å². The topological polar surface area (TPSA) is 33.6 Å². The molecule has 2 aromatic rings. The van der Waals surface area contributed by atoms with E-state index in [0.717, 1.165) is 16.8 Å². The van der Waals surface area contributed by atoms with Gasteiger partial charge in [0.25, 0.3) is 0 Å². The molecule has 3 nitrogen and oxygen atoms in total. The van der Waals surface area contributed by atoms with Gasteiger partial charge in [0.05, 0.1) is 17.2 Å². The van der Waals surface area contributed by atoms with Gasteiger partial charge in [0, 0.05) is 17.5 Å². The lowest BCUT2D eigenvalue weighted by Crippen LogP contribution is -2.33. The number of fused-ring (bicyclic) bond motifs is 1. The number of thioether (sulfide) groups is 1. The number of hydrogen-bond acceptors (Lipinski definition) is 3. The molecular weight excluding hydrogens is 274 g/mol. The van der Waals surface area contributed by atoms with E-state index >= 15 is 0 Å². The van der Waals surface area contributed by atoms with Crippen LogP contribution < -0.4 is 0 Å². The summed E-state index contributed by atoms with van der Waals surface area (Å²) in [7, 11) is 0. The number of H-pyrrole nitrogens is 1. The molecule has 1 fully saturated rings. The van der Waals surface area contributed by atoms with Gasteiger partial charge >= 0.3 is 0 Å². The van der Waals surface area contributed by atoms with Gasteiger partial charge in [0.1, 0.15) is 0 Å². The third kappa shape index (κ3) is 2.46. The smallest absolute Gasteiger partial charge is 0.178 e. The van der Waals surface area contributed by atoms with Crippen LogP contribution in [-0.2, 0) is 6.54 Å². The van der Waals surface area contributed by atoms with E-state index in [1.165, 1.54) is 37.6 Å². The highest BCUT2D eigenvalue weighted by molar-refractivity contribution is 8.00. The first kappa shape index (κ1) is 13.2. The Balaban J connectivity index is 2.00. The van der Waals surface area contributed by atoms with Gasteiger partial charge in [-0.25, -0.2) is 0 Å². The summed E-state index contributed by atoms with van der Waals surface area (Å²) in [6, 6.07) is 2.05. The third-order valence-electron chi connectivity index (χ3n) is 4.22. The first-order chi connectivity index (χ1) is 9.24. The zero-order chi connectivity index (χ0) is 13.3. The number of nitrogens with zero attached hydrogens (tertiary/aromatic N) is 2. The third-order valence-corrected chi connectivity index (χ3v) is 5.95. The Bertz CT molecular complexity index is 623. The second-order valence-corrected chi connectivity index (χ2v) is 7.02. The molecule has 0 aliphatic heterocycles. The maximum absolute atomic E-state index is 5.49. The zero-order valence-electron chi connectivity index (χ0n) is 11.2. The number of aromatic nitrogens is 3. The normalized spacial score (nSPS) is 18.8. The van der Waals surface area contributed by atoms with Crippen LogP contribution in [0.5, 0.6) is 0 Å². The molecule has 0 bridgehead atoms. The van der Waals surface area contributed by atoms with Crippen LogP contribution in [0.15, 0.2) is 18.5 Å². The Morgan fingerprint density at radius 3 is 2.95 bits per heavy atom. The predicted molar refractivity (Wildman–Crippen MR) is 84.2 cm³/mol. The number of pyridine rings is 1. The van der Waals surface area contributed by atoms with Crippen molar-refractivity contribution in [3.8, 4) is 0 Å². The SMILES string of the molecule is CSC1(Cn2c(=S)[nH]c3cnccc32)CCCCC1. The number of imidazole rings is 1. The van der Waals surface area contributed by atoms with Gasteiger partial charge in [-0.2, -0.15) is 11.8 Å². The fourth-order valence-electron chi connectivity index (χ4n) is 3.08. The molecule has 0 spiro atoms. The molecule has 0 saturated heterocycles. The molecule has 102 valence electrons. The molecule has 0 radical (unpaired) electrons. The molecule has 5 heteroatoms. The lowest BCUT2D eigenvalue weighted by molar-refractivity contribution is 0.360. The standard InChI is InChI=1S/C14H19N3S2/c1-19-14(6-3-2-4-7-14)10-17-12-5-8-15-9-11(12)16-13(17)18/h5,8-9H,2-4,6-7,10H2,1H3,(H,16,18). The summed E-state index contributed by atoms with van der Waals surface area (Å²) >= 11 is 7.50. The molecular formula is C14H19N3S2. The second-order valence-electron chi connectivity index (χ2n) is 5.36. The van der Waals surface area contributed by atoms with Gasteiger partial charge in [0.2, 0.25) is 0 Å². The average Bonchev–Trinajstić information content (AvgIpc) is 2.76. The van der Waals surface area contributed by atoms with Crippen LogP contribution in [0.1, 0.15) is 32.1 Å². The maximum Gasteiger partial charge on any atom is 0.178 e. The molecule has 1 N–H and O–H groups in total. The molecule has 2 aromatic heterocycles. The van der Waals surface area contributed by atoms with E-state index in [1.54, 1.807) is 0 Å². The van der Waals surface area contributed by atoms with E-state index in [2.05, 4.69) is 26.9 Å². The van der Waals surface area contributed by atoms with Crippen LogP contribution in [-0.4, -0.2) is 25.5 Å². The monoisotopic (exact) mass is 293 g/mol. The molecule has 0 atom stereocenters. The van der Waals surface area contributed by atoms with Crippen molar-refractivity contribution < 1.29 is 0 Å². The summed E-state index contributed by atoms with van der Waals surface area (Å²) < 4.78 is 3.44. The zero-order valence-corrected chi connectivity index (χ0v) is 12.8. The first-order valence-electron chi connectivity index (χ1n) is 6.82. The minimum atomic E-state index is 0.356. The molecule has 1 saturated carbocycles. The van der Waals surface area contributed by atoms with E-state index in [0.29, 0.717) is 4.75 Å². The minimum Gasteiger partial charge on any atom is -0.329 e. The molecule has 19 heavy (non-hydrogen) atoms. The Morgan fingerprint density at radius 2 is 2.21 bits per heavy atom. The fraction of sp³-hybridized carbons (Fsp3) is 0.571. The predicted octanol–water partition coefficient (Wildman–Crippen LogP) is 4.16. The van der Waals surface area contributed by atoms with E-state index < -0.39 is 0 Å². The van der Waals surface area contributed by atoms with Crippen LogP contribution in [0.3, 0.4) is 0 Å². The van der Waals surface area contributed by atoms with Crippen molar-refractivity contribution in [2.24, 2.45) is 0 Å². The molecule has 2 heterocycles. The van der Waals surface area contributed by atoms with Crippen LogP contribution in [0.2, 0.25) is 0 Å². The van der Waals surface area contributed by atoms with Gasteiger partial charge < -0.3 is 9.55 Å². The summed E-state index contributed by atoms with van der Waals surface area (Å²) in [4.78, 5) is 7.42. The van der Waals surface area contributed by atoms with Gasteiger partial charge in [-0.15, -0.1) is 0 Å². The summed E-state index contributed by atoms with van der Waals surface area (Å²) in [6.07, 6.45) is 12.6. The molecule has 0 aromatic carbocycles. The molecule has 0 amide bonds. The summed E-state index contributed by atoms with van der Waals surface area (Å²) in [6.45, 7) is 1.01. The second kappa shape index (κ2) is 5.29. The summed E-state index contributed by atoms with van der Waals surface area (Å²) in [5.41, 5.74) is 2.22. The number of nitrogens with one attached hydrogen (secondary N) is 1. The number of aromatic amines is 1. The lowest BCUT2D eigenvalue weighted by Gasteiger charge is -2.36. The van der Waals surface area contributed by atoms with Crippen molar-refractivity contribution in [3.05, 3.63) is 23.2 Å². The van der Waals surface area contributed by atoms with Gasteiger partial charge in [-0.3, -0.25) is 4.98 Å². The Hall–Kier alpha value is -0.810. The van der Waals surface area contributed by atoms with E-state index in [9.17, 15) is 0 Å². The number of hydrogen-bond donors (Lipinski definition) is 1. The molecule has 0 unspecified atom stereocenters. The quantitative estimate of drug-likeness (QED) is 0.863. The minimum absolute atomic E-state index is 0.356. The molecule has 1 aliphatic carbocycles. The van der Waals surface area contributed by atoms with E-state index in [1.807, 2.05) is 24.2 Å². The first-order valence-corrected chi connectivity index (χ1v) is 8.45. The summed E-state index contributed by atoms with van der Waals surface area (Å²) in [5.74, 6) is 0. The van der Waals surface area contributed by atoms with Gasteiger partial charge in [0.15, 0.2) is 4.77 Å². The van der Waals surface area contributed by atoms with Crippen molar-refractivity contribution in [3.63, 3.8) is 0 Å². The van der Waals surface area contributed by atoms with Crippen LogP contribution >= 0.6 is 24.0 Å². The van der Waals surface area contributed by atoms with Crippen molar-refractivity contribution in [1.29, 1.82) is 0 Å². The van der Waals surface area contributed by atoms with Crippen LogP contribution in [0.25, 0.3) is 11.0 Å². The van der Waals surface area contributed by atoms with Crippen molar-refractivity contribution in [2.45, 2.75) is 43.4 Å². The van der Waals surface area contributed by atoms with Gasteiger partial charge in [-0.1, -0.05) is 19.3 Å². The van der Waals surface area contributed by atoms with Crippen LogP contribution in [0, 0.1) is 4.77 Å². The Labute approximate surface area is 122 Å². The summed E-state index contributed by atoms with van der Waals surface area (Å²) in [5, 5.41) is 0. The Morgan fingerprint density at radius 1 is 1.42 bits per heavy atom. The largest absolute Gasteiger partial charge is 0.329 e. The average molecular weight is 293 g/mol. The van der Waals surface area contributed by atoms with Crippen molar-refractivity contribution >= 4 is 35.0 Å².